The molecule has 0 bridgehead atoms. The average molecular weight is 439 g/mol. The Balaban J connectivity index is 2.20. The number of aliphatic hydroxyl groups is 2. The van der Waals surface area contributed by atoms with E-state index in [1.54, 1.807) is 42.5 Å². The summed E-state index contributed by atoms with van der Waals surface area (Å²) in [6, 6.07) is 13.0. The van der Waals surface area contributed by atoms with Gasteiger partial charge >= 0.3 is 5.97 Å². The van der Waals surface area contributed by atoms with Crippen LogP contribution < -0.4 is 5.43 Å². The number of hydrogen-bond donors (Lipinski definition) is 3. The molecule has 2 aromatic carbocycles. The zero-order valence-electron chi connectivity index (χ0n) is 17.9. The lowest BCUT2D eigenvalue weighted by atomic mass is 9.96. The number of aromatic nitrogens is 1. The van der Waals surface area contributed by atoms with E-state index >= 15 is 0 Å². The van der Waals surface area contributed by atoms with Crippen LogP contribution in [0, 0.1) is 5.82 Å². The third kappa shape index (κ3) is 5.12. The lowest BCUT2D eigenvalue weighted by molar-refractivity contribution is -0.139. The lowest BCUT2D eigenvalue weighted by Crippen LogP contribution is -2.21. The van der Waals surface area contributed by atoms with Gasteiger partial charge in [0.2, 0.25) is 0 Å². The molecule has 0 saturated heterocycles. The van der Waals surface area contributed by atoms with Gasteiger partial charge in [-0.25, -0.2) is 4.39 Å². The molecule has 0 radical (unpaired) electrons. The van der Waals surface area contributed by atoms with Crippen molar-refractivity contribution < 1.29 is 24.5 Å². The maximum atomic E-state index is 13.6. The fraction of sp³-hybridized carbons (Fsp3) is 0.280. The SMILES string of the molecule is CC(C)c1c(C=C[C@@H](O)C[C@@H](O)CC(=O)O)n(-c2ccc(F)cc2)c2ccccc2c1=O. The number of aliphatic carboxylic acids is 1. The summed E-state index contributed by atoms with van der Waals surface area (Å²) in [7, 11) is 0. The van der Waals surface area contributed by atoms with Gasteiger partial charge in [-0.15, -0.1) is 0 Å². The monoisotopic (exact) mass is 439 g/mol. The molecule has 0 spiro atoms. The van der Waals surface area contributed by atoms with Gasteiger partial charge < -0.3 is 19.9 Å². The Morgan fingerprint density at radius 3 is 2.38 bits per heavy atom. The minimum Gasteiger partial charge on any atom is -0.481 e. The number of carbonyl (C=O) groups is 1. The highest BCUT2D eigenvalue weighted by Gasteiger charge is 2.19. The molecule has 0 amide bonds. The predicted molar refractivity (Wildman–Crippen MR) is 122 cm³/mol. The number of pyridine rings is 1. The number of para-hydroxylation sites is 1. The van der Waals surface area contributed by atoms with Crippen molar-refractivity contribution >= 4 is 22.9 Å². The van der Waals surface area contributed by atoms with Crippen LogP contribution in [0.5, 0.6) is 0 Å². The number of halogens is 1. The van der Waals surface area contributed by atoms with E-state index in [-0.39, 0.29) is 23.6 Å². The summed E-state index contributed by atoms with van der Waals surface area (Å²) >= 11 is 0. The largest absolute Gasteiger partial charge is 0.481 e. The number of fused-ring (bicyclic) bond motifs is 1. The van der Waals surface area contributed by atoms with E-state index in [0.29, 0.717) is 27.8 Å². The van der Waals surface area contributed by atoms with E-state index in [0.717, 1.165) is 0 Å². The van der Waals surface area contributed by atoms with Crippen molar-refractivity contribution in [3.63, 3.8) is 0 Å². The molecule has 1 aromatic heterocycles. The van der Waals surface area contributed by atoms with Gasteiger partial charge in [0.05, 0.1) is 29.8 Å². The van der Waals surface area contributed by atoms with Crippen LogP contribution in [0.15, 0.2) is 59.4 Å². The quantitative estimate of drug-likeness (QED) is 0.495. The zero-order valence-corrected chi connectivity index (χ0v) is 17.9. The van der Waals surface area contributed by atoms with Gasteiger partial charge in [0.15, 0.2) is 5.43 Å². The minimum atomic E-state index is -1.20. The van der Waals surface area contributed by atoms with E-state index in [4.69, 9.17) is 5.11 Å². The van der Waals surface area contributed by atoms with Crippen molar-refractivity contribution in [3.8, 4) is 5.69 Å². The van der Waals surface area contributed by atoms with Crippen molar-refractivity contribution in [3.05, 3.63) is 81.9 Å². The second-order valence-corrected chi connectivity index (χ2v) is 8.03. The van der Waals surface area contributed by atoms with Crippen molar-refractivity contribution in [1.82, 2.24) is 4.57 Å². The smallest absolute Gasteiger partial charge is 0.305 e. The van der Waals surface area contributed by atoms with E-state index < -0.39 is 24.6 Å². The number of carboxylic acid groups (broad SMARTS) is 1. The summed E-state index contributed by atoms with van der Waals surface area (Å²) in [5, 5.41) is 29.4. The number of aliphatic hydroxyl groups excluding tert-OH is 2. The Morgan fingerprint density at radius 2 is 1.75 bits per heavy atom. The molecule has 3 N–H and O–H groups in total. The Labute approximate surface area is 184 Å². The van der Waals surface area contributed by atoms with Gasteiger partial charge in [-0.05, 0) is 48.4 Å². The first-order valence-electron chi connectivity index (χ1n) is 10.4. The molecule has 7 heteroatoms. The molecule has 3 aromatic rings. The third-order valence-corrected chi connectivity index (χ3v) is 5.21. The first-order valence-corrected chi connectivity index (χ1v) is 10.4. The second-order valence-electron chi connectivity index (χ2n) is 8.03. The van der Waals surface area contributed by atoms with Crippen LogP contribution in [0.1, 0.15) is 43.9 Å². The Morgan fingerprint density at radius 1 is 1.09 bits per heavy atom. The first kappa shape index (κ1) is 23.4. The summed E-state index contributed by atoms with van der Waals surface area (Å²) in [4.78, 5) is 24.1. The van der Waals surface area contributed by atoms with Crippen molar-refractivity contribution in [2.24, 2.45) is 0 Å². The number of hydrogen-bond acceptors (Lipinski definition) is 4. The van der Waals surface area contributed by atoms with Gasteiger partial charge in [-0.1, -0.05) is 32.1 Å². The van der Waals surface area contributed by atoms with Crippen molar-refractivity contribution in [2.75, 3.05) is 0 Å². The molecule has 1 heterocycles. The Kier molecular flexibility index (Phi) is 7.22. The fourth-order valence-corrected chi connectivity index (χ4v) is 3.81. The second kappa shape index (κ2) is 9.89. The van der Waals surface area contributed by atoms with E-state index in [9.17, 15) is 24.2 Å². The van der Waals surface area contributed by atoms with Gasteiger partial charge in [0.1, 0.15) is 5.82 Å². The summed E-state index contributed by atoms with van der Waals surface area (Å²) in [6.45, 7) is 3.79. The van der Waals surface area contributed by atoms with E-state index in [1.807, 2.05) is 18.4 Å². The topological polar surface area (TPSA) is 99.8 Å². The molecule has 2 atom stereocenters. The molecule has 0 aliphatic rings. The minimum absolute atomic E-state index is 0.131. The number of benzene rings is 2. The molecule has 0 fully saturated rings. The lowest BCUT2D eigenvalue weighted by Gasteiger charge is -2.21. The zero-order chi connectivity index (χ0) is 23.4. The first-order chi connectivity index (χ1) is 15.2. The maximum absolute atomic E-state index is 13.6. The van der Waals surface area contributed by atoms with E-state index in [1.165, 1.54) is 18.2 Å². The van der Waals surface area contributed by atoms with Crippen LogP contribution in [0.2, 0.25) is 0 Å². The average Bonchev–Trinajstić information content (AvgIpc) is 2.72. The third-order valence-electron chi connectivity index (χ3n) is 5.21. The summed E-state index contributed by atoms with van der Waals surface area (Å²) < 4.78 is 15.4. The van der Waals surface area contributed by atoms with E-state index in [2.05, 4.69) is 0 Å². The van der Waals surface area contributed by atoms with Crippen molar-refractivity contribution in [1.29, 1.82) is 0 Å². The molecular weight excluding hydrogens is 413 g/mol. The molecule has 0 saturated carbocycles. The standard InChI is InChI=1S/C25H26FNO5/c1-15(2)24-22(12-11-18(28)13-19(29)14-23(30)31)27(17-9-7-16(26)8-10-17)21-6-4-3-5-20(21)25(24)32/h3-12,15,18-19,28-29H,13-14H2,1-2H3,(H,30,31)/t18-,19-/m1/s1. The molecule has 3 rings (SSSR count). The molecule has 32 heavy (non-hydrogen) atoms. The van der Waals surface area contributed by atoms with Crippen molar-refractivity contribution in [2.45, 2.75) is 44.8 Å². The Hall–Kier alpha value is -3.29. The van der Waals surface area contributed by atoms with Gasteiger partial charge in [-0.3, -0.25) is 9.59 Å². The molecule has 0 aliphatic heterocycles. The van der Waals surface area contributed by atoms with Crippen LogP contribution >= 0.6 is 0 Å². The summed E-state index contributed by atoms with van der Waals surface area (Å²) in [6.07, 6.45) is 0.0813. The summed E-state index contributed by atoms with van der Waals surface area (Å²) in [5.41, 5.74) is 2.21. The molecule has 0 aliphatic carbocycles. The van der Waals surface area contributed by atoms with Crippen LogP contribution in [-0.2, 0) is 4.79 Å². The normalized spacial score (nSPS) is 13.7. The fourth-order valence-electron chi connectivity index (χ4n) is 3.81. The maximum Gasteiger partial charge on any atom is 0.305 e. The van der Waals surface area contributed by atoms with Crippen LogP contribution in [0.3, 0.4) is 0 Å². The molecule has 0 unspecified atom stereocenters. The molecular formula is C25H26FNO5. The highest BCUT2D eigenvalue weighted by molar-refractivity contribution is 5.84. The molecule has 6 nitrogen and oxygen atoms in total. The van der Waals surface area contributed by atoms with Crippen LogP contribution in [-0.4, -0.2) is 38.1 Å². The van der Waals surface area contributed by atoms with Crippen LogP contribution in [0.25, 0.3) is 22.7 Å². The summed E-state index contributed by atoms with van der Waals surface area (Å²) in [5.74, 6) is -1.69. The van der Waals surface area contributed by atoms with Gasteiger partial charge in [-0.2, -0.15) is 0 Å². The number of nitrogens with zero attached hydrogens (tertiary/aromatic N) is 1. The predicted octanol–water partition coefficient (Wildman–Crippen LogP) is 3.85. The Bertz CT molecular complexity index is 1200. The van der Waals surface area contributed by atoms with Gasteiger partial charge in [0.25, 0.3) is 0 Å². The van der Waals surface area contributed by atoms with Gasteiger partial charge in [0, 0.05) is 23.1 Å². The highest BCUT2D eigenvalue weighted by Crippen LogP contribution is 2.27. The highest BCUT2D eigenvalue weighted by atomic mass is 19.1. The van der Waals surface area contributed by atoms with Crippen LogP contribution in [0.4, 0.5) is 4.39 Å². The molecule has 168 valence electrons. The number of carboxylic acids is 1. The number of rotatable bonds is 8.